The van der Waals surface area contributed by atoms with Crippen molar-refractivity contribution < 1.29 is 10.0 Å². The maximum atomic E-state index is 10.9. The zero-order chi connectivity index (χ0) is 20.5. The van der Waals surface area contributed by atoms with Crippen LogP contribution in [0.25, 0.3) is 0 Å². The first-order chi connectivity index (χ1) is 13.8. The molecule has 0 unspecified atom stereocenters. The van der Waals surface area contributed by atoms with Gasteiger partial charge in [0.05, 0.1) is 0 Å². The van der Waals surface area contributed by atoms with Crippen LogP contribution in [0, 0.1) is 0 Å². The van der Waals surface area contributed by atoms with Gasteiger partial charge in [0.1, 0.15) is 0 Å². The molecule has 0 saturated carbocycles. The van der Waals surface area contributed by atoms with Gasteiger partial charge in [-0.25, -0.2) is 5.48 Å². The van der Waals surface area contributed by atoms with Crippen LogP contribution in [-0.2, 0) is 4.79 Å². The first kappa shape index (κ1) is 27.9. The minimum atomic E-state index is -0.258. The van der Waals surface area contributed by atoms with E-state index >= 15 is 0 Å². The molecule has 3 nitrogen and oxygen atoms in total. The van der Waals surface area contributed by atoms with Crippen LogP contribution in [0.1, 0.15) is 141 Å². The van der Waals surface area contributed by atoms with Gasteiger partial charge in [-0.2, -0.15) is 0 Å². The second-order valence-corrected chi connectivity index (χ2v) is 9.19. The van der Waals surface area contributed by atoms with E-state index in [1.165, 1.54) is 127 Å². The standard InChI is InChI=1S/C24H48BrNO2/c25-23-21-19-17-15-13-11-9-7-5-3-1-2-4-6-8-10-12-14-16-18-20-22-24(27)26-28/h28H,1-23H2,(H,26,27). The summed E-state index contributed by atoms with van der Waals surface area (Å²) >= 11 is 3.50. The van der Waals surface area contributed by atoms with Crippen LogP contribution in [0.2, 0.25) is 0 Å². The average Bonchev–Trinajstić information content (AvgIpc) is 2.71. The Kier molecular flexibility index (Phi) is 24.9. The van der Waals surface area contributed by atoms with E-state index in [2.05, 4.69) is 15.9 Å². The lowest BCUT2D eigenvalue weighted by atomic mass is 10.0. The number of hydroxylamine groups is 1. The highest BCUT2D eigenvalue weighted by Gasteiger charge is 1.98. The molecule has 0 aliphatic carbocycles. The lowest BCUT2D eigenvalue weighted by Crippen LogP contribution is -2.17. The van der Waals surface area contributed by atoms with E-state index in [1.54, 1.807) is 5.48 Å². The number of unbranched alkanes of at least 4 members (excludes halogenated alkanes) is 20. The van der Waals surface area contributed by atoms with Crippen LogP contribution in [-0.4, -0.2) is 16.4 Å². The van der Waals surface area contributed by atoms with Crippen molar-refractivity contribution in [1.82, 2.24) is 5.48 Å². The Morgan fingerprint density at radius 3 is 1.00 bits per heavy atom. The van der Waals surface area contributed by atoms with Crippen molar-refractivity contribution in [3.05, 3.63) is 0 Å². The zero-order valence-electron chi connectivity index (χ0n) is 18.5. The first-order valence-electron chi connectivity index (χ1n) is 12.3. The highest BCUT2D eigenvalue weighted by molar-refractivity contribution is 9.09. The zero-order valence-corrected chi connectivity index (χ0v) is 20.1. The molecular weight excluding hydrogens is 414 g/mol. The molecule has 0 aliphatic rings. The molecule has 0 fully saturated rings. The van der Waals surface area contributed by atoms with Gasteiger partial charge in [0.15, 0.2) is 0 Å². The van der Waals surface area contributed by atoms with Gasteiger partial charge in [0.25, 0.3) is 0 Å². The van der Waals surface area contributed by atoms with E-state index in [0.717, 1.165) is 12.8 Å². The second-order valence-electron chi connectivity index (χ2n) is 8.40. The molecule has 4 heteroatoms. The minimum Gasteiger partial charge on any atom is -0.289 e. The molecule has 2 N–H and O–H groups in total. The quantitative estimate of drug-likeness (QED) is 0.0692. The summed E-state index contributed by atoms with van der Waals surface area (Å²) in [4.78, 5) is 10.9. The number of carbonyl (C=O) groups excluding carboxylic acids is 1. The summed E-state index contributed by atoms with van der Waals surface area (Å²) < 4.78 is 0. The summed E-state index contributed by atoms with van der Waals surface area (Å²) in [5, 5.41) is 9.58. The Hall–Kier alpha value is -0.0900. The van der Waals surface area contributed by atoms with Crippen molar-refractivity contribution in [2.45, 2.75) is 141 Å². The second kappa shape index (κ2) is 24.9. The van der Waals surface area contributed by atoms with Gasteiger partial charge in [0.2, 0.25) is 5.91 Å². The number of alkyl halides is 1. The van der Waals surface area contributed by atoms with Crippen molar-refractivity contribution in [2.75, 3.05) is 5.33 Å². The Morgan fingerprint density at radius 1 is 0.500 bits per heavy atom. The molecule has 0 heterocycles. The number of carbonyl (C=O) groups is 1. The van der Waals surface area contributed by atoms with E-state index < -0.39 is 0 Å². The molecular formula is C24H48BrNO2. The molecule has 0 bridgehead atoms. The maximum Gasteiger partial charge on any atom is 0.243 e. The summed E-state index contributed by atoms with van der Waals surface area (Å²) in [7, 11) is 0. The number of hydrogen-bond donors (Lipinski definition) is 2. The molecule has 0 rings (SSSR count). The number of rotatable bonds is 23. The summed E-state index contributed by atoms with van der Waals surface area (Å²) in [6.45, 7) is 0. The van der Waals surface area contributed by atoms with Gasteiger partial charge in [-0.1, -0.05) is 138 Å². The SMILES string of the molecule is O=C(CCCCCCCCCCCCCCCCCCCCCCCBr)NO. The van der Waals surface area contributed by atoms with Crippen molar-refractivity contribution in [1.29, 1.82) is 0 Å². The fourth-order valence-corrected chi connectivity index (χ4v) is 4.19. The summed E-state index contributed by atoms with van der Waals surface area (Å²) in [5.41, 5.74) is 1.69. The fourth-order valence-electron chi connectivity index (χ4n) is 3.79. The van der Waals surface area contributed by atoms with Crippen molar-refractivity contribution in [2.24, 2.45) is 0 Å². The molecule has 0 aromatic carbocycles. The van der Waals surface area contributed by atoms with E-state index in [0.29, 0.717) is 6.42 Å². The lowest BCUT2D eigenvalue weighted by Gasteiger charge is -2.04. The third-order valence-corrected chi connectivity index (χ3v) is 6.22. The number of hydrogen-bond acceptors (Lipinski definition) is 2. The smallest absolute Gasteiger partial charge is 0.243 e. The molecule has 0 spiro atoms. The molecule has 0 saturated heterocycles. The monoisotopic (exact) mass is 461 g/mol. The van der Waals surface area contributed by atoms with Gasteiger partial charge < -0.3 is 0 Å². The molecule has 0 aliphatic heterocycles. The Morgan fingerprint density at radius 2 is 0.750 bits per heavy atom. The van der Waals surface area contributed by atoms with E-state index in [-0.39, 0.29) is 5.91 Å². The Bertz CT molecular complexity index is 313. The fraction of sp³-hybridized carbons (Fsp3) is 0.958. The molecule has 0 aromatic heterocycles. The van der Waals surface area contributed by atoms with Crippen LogP contribution < -0.4 is 5.48 Å². The molecule has 28 heavy (non-hydrogen) atoms. The topological polar surface area (TPSA) is 49.3 Å². The molecule has 168 valence electrons. The third-order valence-electron chi connectivity index (χ3n) is 5.66. The van der Waals surface area contributed by atoms with Crippen molar-refractivity contribution in [3.63, 3.8) is 0 Å². The summed E-state index contributed by atoms with van der Waals surface area (Å²) in [6, 6.07) is 0. The first-order valence-corrected chi connectivity index (χ1v) is 13.4. The van der Waals surface area contributed by atoms with Crippen molar-refractivity contribution in [3.8, 4) is 0 Å². The van der Waals surface area contributed by atoms with Crippen LogP contribution in [0.15, 0.2) is 0 Å². The lowest BCUT2D eigenvalue weighted by molar-refractivity contribution is -0.129. The Labute approximate surface area is 183 Å². The molecule has 0 atom stereocenters. The molecule has 1 amide bonds. The highest BCUT2D eigenvalue weighted by Crippen LogP contribution is 2.15. The Balaban J connectivity index is 3.00. The number of amides is 1. The predicted octanol–water partition coefficient (Wildman–Crippen LogP) is 8.47. The largest absolute Gasteiger partial charge is 0.289 e. The van der Waals surface area contributed by atoms with E-state index in [9.17, 15) is 4.79 Å². The van der Waals surface area contributed by atoms with Crippen LogP contribution in [0.5, 0.6) is 0 Å². The van der Waals surface area contributed by atoms with E-state index in [1.807, 2.05) is 0 Å². The van der Waals surface area contributed by atoms with E-state index in [4.69, 9.17) is 5.21 Å². The van der Waals surface area contributed by atoms with Crippen LogP contribution >= 0.6 is 15.9 Å². The van der Waals surface area contributed by atoms with Gasteiger partial charge >= 0.3 is 0 Å². The van der Waals surface area contributed by atoms with Gasteiger partial charge in [0, 0.05) is 11.8 Å². The number of nitrogens with one attached hydrogen (secondary N) is 1. The van der Waals surface area contributed by atoms with Crippen LogP contribution in [0.3, 0.4) is 0 Å². The molecule has 0 radical (unpaired) electrons. The number of halogens is 1. The van der Waals surface area contributed by atoms with Gasteiger partial charge in [-0.05, 0) is 12.8 Å². The highest BCUT2D eigenvalue weighted by atomic mass is 79.9. The summed E-state index contributed by atoms with van der Waals surface area (Å²) in [6.07, 6.45) is 29.1. The molecule has 0 aromatic rings. The minimum absolute atomic E-state index is 0.258. The van der Waals surface area contributed by atoms with Gasteiger partial charge in [-0.3, -0.25) is 10.0 Å². The van der Waals surface area contributed by atoms with Crippen LogP contribution in [0.4, 0.5) is 0 Å². The third kappa shape index (κ3) is 23.9. The summed E-state index contributed by atoms with van der Waals surface area (Å²) in [5.74, 6) is -0.258. The maximum absolute atomic E-state index is 10.9. The predicted molar refractivity (Wildman–Crippen MR) is 125 cm³/mol. The average molecular weight is 463 g/mol. The van der Waals surface area contributed by atoms with Crippen molar-refractivity contribution >= 4 is 21.8 Å². The normalized spacial score (nSPS) is 11.1. The van der Waals surface area contributed by atoms with Gasteiger partial charge in [-0.15, -0.1) is 0 Å².